The summed E-state index contributed by atoms with van der Waals surface area (Å²) in [5.74, 6) is 0.376. The number of ketones is 1. The fraction of sp³-hybridized carbons (Fsp3) is 0.765. The molecular weight excluding hydrogens is 262 g/mol. The number of carbonyl (C=O) groups is 1. The Morgan fingerprint density at radius 1 is 1.33 bits per heavy atom. The molecule has 4 nitrogen and oxygen atoms in total. The molecule has 0 atom stereocenters. The zero-order valence-electron chi connectivity index (χ0n) is 13.7. The van der Waals surface area contributed by atoms with Crippen molar-refractivity contribution in [3.63, 3.8) is 0 Å². The maximum absolute atomic E-state index is 12.8. The Balaban J connectivity index is 2.05. The zero-order valence-corrected chi connectivity index (χ0v) is 13.7. The number of aromatic nitrogens is 2. The predicted octanol–water partition coefficient (Wildman–Crippen LogP) is 3.14. The van der Waals surface area contributed by atoms with Crippen LogP contribution in [0.1, 0.15) is 64.6 Å². The first-order chi connectivity index (χ1) is 10.1. The number of carbonyl (C=O) groups excluding carboxylic acids is 1. The first-order valence-corrected chi connectivity index (χ1v) is 8.43. The summed E-state index contributed by atoms with van der Waals surface area (Å²) in [6.45, 7) is 8.43. The summed E-state index contributed by atoms with van der Waals surface area (Å²) < 4.78 is 2.03. The zero-order chi connectivity index (χ0) is 15.3. The van der Waals surface area contributed by atoms with Crippen LogP contribution in [0.3, 0.4) is 0 Å². The van der Waals surface area contributed by atoms with Gasteiger partial charge in [-0.15, -0.1) is 0 Å². The van der Waals surface area contributed by atoms with Gasteiger partial charge >= 0.3 is 0 Å². The van der Waals surface area contributed by atoms with E-state index < -0.39 is 0 Å². The average molecular weight is 291 g/mol. The van der Waals surface area contributed by atoms with E-state index in [1.165, 1.54) is 0 Å². The summed E-state index contributed by atoms with van der Waals surface area (Å²) in [7, 11) is 0. The van der Waals surface area contributed by atoms with Gasteiger partial charge < -0.3 is 5.32 Å². The summed E-state index contributed by atoms with van der Waals surface area (Å²) >= 11 is 0. The lowest BCUT2D eigenvalue weighted by molar-refractivity contribution is -0.129. The maximum atomic E-state index is 12.8. The van der Waals surface area contributed by atoms with Crippen molar-refractivity contribution in [1.29, 1.82) is 0 Å². The molecule has 118 valence electrons. The van der Waals surface area contributed by atoms with Crippen LogP contribution in [0.2, 0.25) is 0 Å². The molecule has 0 unspecified atom stereocenters. The van der Waals surface area contributed by atoms with Crippen LogP contribution >= 0.6 is 0 Å². The van der Waals surface area contributed by atoms with Crippen molar-refractivity contribution in [3.8, 4) is 0 Å². The van der Waals surface area contributed by atoms with Gasteiger partial charge in [0, 0.05) is 11.6 Å². The first kappa shape index (κ1) is 16.2. The monoisotopic (exact) mass is 291 g/mol. The standard InChI is InChI=1S/C17H29N3O/c1-4-15(5-2)20-12-7-14(19-20)13-16(21)17(6-3)8-10-18-11-9-17/h7,12,15,18H,4-6,8-11,13H2,1-3H3. The Morgan fingerprint density at radius 3 is 2.57 bits per heavy atom. The quantitative estimate of drug-likeness (QED) is 0.839. The van der Waals surface area contributed by atoms with Gasteiger partial charge in [-0.05, 0) is 51.3 Å². The largest absolute Gasteiger partial charge is 0.317 e. The molecule has 1 aromatic rings. The van der Waals surface area contributed by atoms with E-state index in [1.54, 1.807) is 0 Å². The van der Waals surface area contributed by atoms with Crippen LogP contribution in [-0.4, -0.2) is 28.7 Å². The highest BCUT2D eigenvalue weighted by molar-refractivity contribution is 5.86. The van der Waals surface area contributed by atoms with Gasteiger partial charge in [0.15, 0.2) is 0 Å². The summed E-state index contributed by atoms with van der Waals surface area (Å²) in [6, 6.07) is 2.47. The fourth-order valence-electron chi connectivity index (χ4n) is 3.42. The summed E-state index contributed by atoms with van der Waals surface area (Å²) in [6.07, 6.45) is 7.56. The minimum atomic E-state index is -0.121. The lowest BCUT2D eigenvalue weighted by atomic mass is 9.72. The van der Waals surface area contributed by atoms with Gasteiger partial charge in [-0.25, -0.2) is 0 Å². The van der Waals surface area contributed by atoms with E-state index in [0.717, 1.165) is 50.9 Å². The van der Waals surface area contributed by atoms with Gasteiger partial charge in [-0.1, -0.05) is 20.8 Å². The third-order valence-corrected chi connectivity index (χ3v) is 5.15. The number of hydrogen-bond donors (Lipinski definition) is 1. The lowest BCUT2D eigenvalue weighted by Crippen LogP contribution is -2.42. The number of nitrogens with zero attached hydrogens (tertiary/aromatic N) is 2. The number of hydrogen-bond acceptors (Lipinski definition) is 3. The molecule has 0 aromatic carbocycles. The van der Waals surface area contributed by atoms with Crippen molar-refractivity contribution >= 4 is 5.78 Å². The second-order valence-corrected chi connectivity index (χ2v) is 6.24. The third kappa shape index (κ3) is 3.54. The van der Waals surface area contributed by atoms with Crippen molar-refractivity contribution in [3.05, 3.63) is 18.0 Å². The van der Waals surface area contributed by atoms with Crippen LogP contribution in [0.5, 0.6) is 0 Å². The third-order valence-electron chi connectivity index (χ3n) is 5.15. The van der Waals surface area contributed by atoms with E-state index in [2.05, 4.69) is 31.2 Å². The summed E-state index contributed by atoms with van der Waals surface area (Å²) in [5.41, 5.74) is 0.808. The van der Waals surface area contributed by atoms with Crippen molar-refractivity contribution in [1.82, 2.24) is 15.1 Å². The molecule has 0 amide bonds. The summed E-state index contributed by atoms with van der Waals surface area (Å²) in [4.78, 5) is 12.8. The Hall–Kier alpha value is -1.16. The Labute approximate surface area is 128 Å². The SMILES string of the molecule is CCC(CC)n1ccc(CC(=O)C2(CC)CCNCC2)n1. The molecule has 1 N–H and O–H groups in total. The van der Waals surface area contributed by atoms with Crippen molar-refractivity contribution in [2.45, 2.75) is 65.3 Å². The smallest absolute Gasteiger partial charge is 0.145 e. The summed E-state index contributed by atoms with van der Waals surface area (Å²) in [5, 5.41) is 7.99. The number of rotatable bonds is 7. The van der Waals surface area contributed by atoms with E-state index in [0.29, 0.717) is 18.2 Å². The van der Waals surface area contributed by atoms with Gasteiger partial charge in [-0.3, -0.25) is 9.48 Å². The van der Waals surface area contributed by atoms with Crippen molar-refractivity contribution in [2.24, 2.45) is 5.41 Å². The van der Waals surface area contributed by atoms with E-state index in [4.69, 9.17) is 0 Å². The molecule has 1 aliphatic rings. The Morgan fingerprint density at radius 2 is 2.00 bits per heavy atom. The maximum Gasteiger partial charge on any atom is 0.145 e. The predicted molar refractivity (Wildman–Crippen MR) is 85.4 cm³/mol. The van der Waals surface area contributed by atoms with Crippen LogP contribution in [0, 0.1) is 5.41 Å². The molecule has 2 heterocycles. The van der Waals surface area contributed by atoms with Gasteiger partial charge in [0.05, 0.1) is 18.2 Å². The topological polar surface area (TPSA) is 46.9 Å². The second-order valence-electron chi connectivity index (χ2n) is 6.24. The van der Waals surface area contributed by atoms with E-state index in [9.17, 15) is 4.79 Å². The lowest BCUT2D eigenvalue weighted by Gasteiger charge is -2.35. The van der Waals surface area contributed by atoms with Crippen LogP contribution in [0.15, 0.2) is 12.3 Å². The highest BCUT2D eigenvalue weighted by Crippen LogP contribution is 2.34. The van der Waals surface area contributed by atoms with Crippen molar-refractivity contribution in [2.75, 3.05) is 13.1 Å². The Bertz CT molecular complexity index is 456. The number of nitrogens with one attached hydrogen (secondary N) is 1. The van der Waals surface area contributed by atoms with Crippen LogP contribution in [-0.2, 0) is 11.2 Å². The minimum absolute atomic E-state index is 0.121. The molecule has 0 bridgehead atoms. The van der Waals surface area contributed by atoms with Crippen LogP contribution < -0.4 is 5.32 Å². The van der Waals surface area contributed by atoms with Gasteiger partial charge in [0.1, 0.15) is 5.78 Å². The molecule has 0 aliphatic carbocycles. The molecule has 0 spiro atoms. The highest BCUT2D eigenvalue weighted by Gasteiger charge is 2.37. The second kappa shape index (κ2) is 7.21. The first-order valence-electron chi connectivity index (χ1n) is 8.43. The minimum Gasteiger partial charge on any atom is -0.317 e. The normalized spacial score (nSPS) is 18.1. The molecule has 21 heavy (non-hydrogen) atoms. The molecule has 1 aromatic heterocycles. The van der Waals surface area contributed by atoms with Crippen molar-refractivity contribution < 1.29 is 4.79 Å². The molecule has 1 saturated heterocycles. The molecule has 1 aliphatic heterocycles. The van der Waals surface area contributed by atoms with E-state index in [1.807, 2.05) is 16.9 Å². The Kier molecular flexibility index (Phi) is 5.57. The molecule has 4 heteroatoms. The highest BCUT2D eigenvalue weighted by atomic mass is 16.1. The molecule has 2 rings (SSSR count). The van der Waals surface area contributed by atoms with Crippen LogP contribution in [0.25, 0.3) is 0 Å². The molecular formula is C17H29N3O. The number of piperidine rings is 1. The molecule has 0 saturated carbocycles. The average Bonchev–Trinajstić information content (AvgIpc) is 2.97. The van der Waals surface area contributed by atoms with E-state index >= 15 is 0 Å². The van der Waals surface area contributed by atoms with Gasteiger partial charge in [0.25, 0.3) is 0 Å². The van der Waals surface area contributed by atoms with Gasteiger partial charge in [0.2, 0.25) is 0 Å². The molecule has 1 fully saturated rings. The number of Topliss-reactive ketones (excluding diaryl/α,β-unsaturated/α-hetero) is 1. The van der Waals surface area contributed by atoms with E-state index in [-0.39, 0.29) is 5.41 Å². The molecule has 0 radical (unpaired) electrons. The fourth-order valence-corrected chi connectivity index (χ4v) is 3.42. The van der Waals surface area contributed by atoms with Gasteiger partial charge in [-0.2, -0.15) is 5.10 Å². The van der Waals surface area contributed by atoms with Crippen LogP contribution in [0.4, 0.5) is 0 Å².